The van der Waals surface area contributed by atoms with Crippen LogP contribution in [0.3, 0.4) is 0 Å². The summed E-state index contributed by atoms with van der Waals surface area (Å²) in [5, 5.41) is 19.7. The van der Waals surface area contributed by atoms with E-state index >= 15 is 4.79 Å². The summed E-state index contributed by atoms with van der Waals surface area (Å²) in [6, 6.07) is 34.9. The molecule has 1 saturated carbocycles. The smallest absolute Gasteiger partial charge is 0.246 e. The van der Waals surface area contributed by atoms with Crippen LogP contribution in [0, 0.1) is 23.7 Å². The molecule has 12 heteroatoms. The first-order chi connectivity index (χ1) is 28.0. The van der Waals surface area contributed by atoms with Crippen molar-refractivity contribution in [2.75, 3.05) is 28.8 Å². The van der Waals surface area contributed by atoms with Gasteiger partial charge in [-0.05, 0) is 109 Å². The van der Waals surface area contributed by atoms with E-state index in [2.05, 4.69) is 10.2 Å². The number of amides is 4. The van der Waals surface area contributed by atoms with Crippen LogP contribution in [0.1, 0.15) is 29.9 Å². The lowest BCUT2D eigenvalue weighted by atomic mass is 9.49. The van der Waals surface area contributed by atoms with Crippen molar-refractivity contribution in [2.45, 2.75) is 24.2 Å². The van der Waals surface area contributed by atoms with Gasteiger partial charge in [0.25, 0.3) is 0 Å². The molecule has 3 fully saturated rings. The fraction of sp³-hybridized carbons (Fsp3) is 0.217. The molecule has 2 aliphatic heterocycles. The molecule has 2 aliphatic carbocycles. The first kappa shape index (κ1) is 37.5. The van der Waals surface area contributed by atoms with Gasteiger partial charge in [0, 0.05) is 35.7 Å². The zero-order chi connectivity index (χ0) is 40.5. The Hall–Kier alpha value is -6.10. The molecule has 58 heavy (non-hydrogen) atoms. The Balaban J connectivity index is 1.12. The standard InChI is InChI=1S/C46H37Cl2N5O5/c1-51(2)30-15-11-28(12-16-30)49-50-29-13-17-31(18-14-29)52-42(55)36-22-21-34-37(40(36)44(52)57)25-38-43(56)53(32-10-6-9-27(47)23-32)45(58)46(38,26-7-4-3-5-8-26)41(34)35-20-19-33(54)24-39(35)48/h3-21,23-24,36-38,40-41,54H,22,25H2,1-2H3. The predicted octanol–water partition coefficient (Wildman–Crippen LogP) is 9.55. The second-order valence-corrected chi connectivity index (χ2v) is 16.3. The fourth-order valence-electron chi connectivity index (χ4n) is 9.69. The zero-order valence-electron chi connectivity index (χ0n) is 31.5. The predicted molar refractivity (Wildman–Crippen MR) is 223 cm³/mol. The average Bonchev–Trinajstić information content (AvgIpc) is 3.61. The van der Waals surface area contributed by atoms with E-state index in [4.69, 9.17) is 23.2 Å². The van der Waals surface area contributed by atoms with Crippen molar-refractivity contribution in [1.82, 2.24) is 0 Å². The quantitative estimate of drug-likeness (QED) is 0.0993. The highest BCUT2D eigenvalue weighted by Crippen LogP contribution is 2.65. The Bertz CT molecular complexity index is 2560. The third-order valence-corrected chi connectivity index (χ3v) is 12.8. The van der Waals surface area contributed by atoms with Crippen LogP contribution in [0.4, 0.5) is 28.4 Å². The number of aromatic hydroxyl groups is 1. The Morgan fingerprint density at radius 3 is 2.05 bits per heavy atom. The number of carbonyl (C=O) groups excluding carboxylic acids is 4. The molecule has 6 atom stereocenters. The van der Waals surface area contributed by atoms with Crippen LogP contribution >= 0.6 is 23.2 Å². The number of rotatable bonds is 7. The maximum absolute atomic E-state index is 15.4. The van der Waals surface area contributed by atoms with E-state index in [9.17, 15) is 19.5 Å². The topological polar surface area (TPSA) is 123 Å². The number of nitrogens with zero attached hydrogens (tertiary/aromatic N) is 5. The van der Waals surface area contributed by atoms with E-state index in [1.165, 1.54) is 21.9 Å². The molecule has 290 valence electrons. The molecule has 10 nitrogen and oxygen atoms in total. The lowest BCUT2D eigenvalue weighted by Crippen LogP contribution is -2.53. The maximum atomic E-state index is 15.4. The van der Waals surface area contributed by atoms with Crippen LogP contribution in [0.2, 0.25) is 10.0 Å². The summed E-state index contributed by atoms with van der Waals surface area (Å²) >= 11 is 13.4. The first-order valence-electron chi connectivity index (χ1n) is 19.0. The minimum absolute atomic E-state index is 0.0585. The second kappa shape index (κ2) is 14.4. The molecular formula is C46H37Cl2N5O5. The number of hydrogen-bond donors (Lipinski definition) is 1. The molecule has 0 radical (unpaired) electrons. The molecule has 2 heterocycles. The molecule has 0 aromatic heterocycles. The highest BCUT2D eigenvalue weighted by atomic mass is 35.5. The number of benzene rings is 5. The molecule has 0 spiro atoms. The van der Waals surface area contributed by atoms with Gasteiger partial charge in [-0.25, -0.2) is 4.90 Å². The van der Waals surface area contributed by atoms with Crippen molar-refractivity contribution in [1.29, 1.82) is 0 Å². The molecule has 2 saturated heterocycles. The highest BCUT2D eigenvalue weighted by Gasteiger charge is 2.70. The van der Waals surface area contributed by atoms with Gasteiger partial charge < -0.3 is 10.0 Å². The zero-order valence-corrected chi connectivity index (χ0v) is 33.0. The van der Waals surface area contributed by atoms with Gasteiger partial charge in [-0.3, -0.25) is 24.1 Å². The van der Waals surface area contributed by atoms with E-state index in [0.717, 1.165) is 11.3 Å². The number of phenolic OH excluding ortho intramolecular Hbond substituents is 1. The largest absolute Gasteiger partial charge is 0.508 e. The molecule has 6 unspecified atom stereocenters. The number of anilines is 3. The van der Waals surface area contributed by atoms with Gasteiger partial charge in [-0.1, -0.05) is 77.3 Å². The van der Waals surface area contributed by atoms with Crippen molar-refractivity contribution in [3.05, 3.63) is 154 Å². The Kier molecular flexibility index (Phi) is 9.29. The van der Waals surface area contributed by atoms with Crippen LogP contribution in [0.15, 0.2) is 143 Å². The Morgan fingerprint density at radius 2 is 1.40 bits per heavy atom. The number of halogens is 2. The van der Waals surface area contributed by atoms with Crippen molar-refractivity contribution in [3.8, 4) is 5.75 Å². The van der Waals surface area contributed by atoms with E-state index in [0.29, 0.717) is 38.9 Å². The fourth-order valence-corrected chi connectivity index (χ4v) is 10.2. The number of hydrogen-bond acceptors (Lipinski definition) is 8. The summed E-state index contributed by atoms with van der Waals surface area (Å²) in [4.78, 5) is 63.8. The Labute approximate surface area is 345 Å². The minimum atomic E-state index is -1.49. The van der Waals surface area contributed by atoms with Gasteiger partial charge in [0.2, 0.25) is 23.6 Å². The van der Waals surface area contributed by atoms with Gasteiger partial charge in [0.1, 0.15) is 5.75 Å². The maximum Gasteiger partial charge on any atom is 0.246 e. The van der Waals surface area contributed by atoms with Crippen molar-refractivity contribution < 1.29 is 24.3 Å². The molecule has 1 N–H and O–H groups in total. The van der Waals surface area contributed by atoms with Gasteiger partial charge >= 0.3 is 0 Å². The van der Waals surface area contributed by atoms with Gasteiger partial charge in [-0.15, -0.1) is 0 Å². The number of allylic oxidation sites excluding steroid dienone is 2. The van der Waals surface area contributed by atoms with E-state index < -0.39 is 46.8 Å². The summed E-state index contributed by atoms with van der Waals surface area (Å²) in [5.41, 5.74) is 3.45. The average molecular weight is 811 g/mol. The Morgan fingerprint density at radius 1 is 0.707 bits per heavy atom. The minimum Gasteiger partial charge on any atom is -0.508 e. The molecule has 4 aliphatic rings. The monoisotopic (exact) mass is 809 g/mol. The lowest BCUT2D eigenvalue weighted by Gasteiger charge is -2.51. The van der Waals surface area contributed by atoms with Crippen molar-refractivity contribution in [2.24, 2.45) is 33.9 Å². The molecule has 9 rings (SSSR count). The molecule has 5 aromatic rings. The van der Waals surface area contributed by atoms with Crippen LogP contribution in [0.5, 0.6) is 5.75 Å². The van der Waals surface area contributed by atoms with Crippen LogP contribution in [0.25, 0.3) is 0 Å². The van der Waals surface area contributed by atoms with Gasteiger partial charge in [-0.2, -0.15) is 10.2 Å². The third kappa shape index (κ3) is 5.84. The van der Waals surface area contributed by atoms with Crippen LogP contribution < -0.4 is 14.7 Å². The number of phenols is 1. The lowest BCUT2D eigenvalue weighted by molar-refractivity contribution is -0.127. The third-order valence-electron chi connectivity index (χ3n) is 12.2. The molecular weight excluding hydrogens is 773 g/mol. The number of azo groups is 1. The molecule has 4 amide bonds. The van der Waals surface area contributed by atoms with E-state index in [1.54, 1.807) is 54.6 Å². The SMILES string of the molecule is CN(C)c1ccc(N=Nc2ccc(N3C(=O)C4CC=C5C(CC6C(=O)N(c7cccc(Cl)c7)C(=O)C6(c6ccccc6)C5c5ccc(O)cc5Cl)C4C3=O)cc2)cc1. The summed E-state index contributed by atoms with van der Waals surface area (Å²) in [5.74, 6) is -5.45. The summed E-state index contributed by atoms with van der Waals surface area (Å²) < 4.78 is 0. The van der Waals surface area contributed by atoms with Gasteiger partial charge in [0.05, 0.1) is 45.9 Å². The summed E-state index contributed by atoms with van der Waals surface area (Å²) in [6.07, 6.45) is 2.36. The van der Waals surface area contributed by atoms with E-state index in [1.807, 2.05) is 79.7 Å². The first-order valence-corrected chi connectivity index (χ1v) is 19.8. The van der Waals surface area contributed by atoms with Crippen LogP contribution in [-0.4, -0.2) is 42.8 Å². The number of imide groups is 2. The highest BCUT2D eigenvalue weighted by molar-refractivity contribution is 6.33. The molecule has 5 aromatic carbocycles. The van der Waals surface area contributed by atoms with Crippen LogP contribution in [-0.2, 0) is 24.6 Å². The normalized spacial score (nSPS) is 25.2. The molecule has 0 bridgehead atoms. The van der Waals surface area contributed by atoms with Crippen molar-refractivity contribution in [3.63, 3.8) is 0 Å². The number of fused-ring (bicyclic) bond motifs is 4. The summed E-state index contributed by atoms with van der Waals surface area (Å²) in [7, 11) is 3.92. The number of carbonyl (C=O) groups is 4. The summed E-state index contributed by atoms with van der Waals surface area (Å²) in [6.45, 7) is 0. The van der Waals surface area contributed by atoms with Crippen molar-refractivity contribution >= 4 is 75.3 Å². The second-order valence-electron chi connectivity index (χ2n) is 15.4. The van der Waals surface area contributed by atoms with Gasteiger partial charge in [0.15, 0.2) is 0 Å². The van der Waals surface area contributed by atoms with E-state index in [-0.39, 0.29) is 35.4 Å².